The van der Waals surface area contributed by atoms with Crippen LogP contribution < -0.4 is 5.73 Å². The minimum absolute atomic E-state index is 0.277. The van der Waals surface area contributed by atoms with E-state index < -0.39 is 0 Å². The highest BCUT2D eigenvalue weighted by molar-refractivity contribution is 6.30. The van der Waals surface area contributed by atoms with Gasteiger partial charge in [0, 0.05) is 22.0 Å². The first kappa shape index (κ1) is 14.0. The normalized spacial score (nSPS) is 12.5. The number of rotatable bonds is 3. The van der Waals surface area contributed by atoms with Gasteiger partial charge in [-0.05, 0) is 56.1 Å². The average molecular weight is 276 g/mol. The topological polar surface area (TPSA) is 51.8 Å². The van der Waals surface area contributed by atoms with Gasteiger partial charge < -0.3 is 5.73 Å². The van der Waals surface area contributed by atoms with E-state index in [0.717, 1.165) is 28.3 Å². The molecule has 1 aromatic heterocycles. The van der Waals surface area contributed by atoms with Gasteiger partial charge in [-0.2, -0.15) is 0 Å². The van der Waals surface area contributed by atoms with Crippen LogP contribution in [0.1, 0.15) is 29.8 Å². The van der Waals surface area contributed by atoms with E-state index in [0.29, 0.717) is 11.6 Å². The number of aromatic nitrogens is 2. The minimum Gasteiger partial charge on any atom is -0.330 e. The Morgan fingerprint density at radius 2 is 1.63 bits per heavy atom. The number of halogens is 1. The molecule has 0 amide bonds. The summed E-state index contributed by atoms with van der Waals surface area (Å²) in [7, 11) is 0. The van der Waals surface area contributed by atoms with E-state index in [2.05, 4.69) is 16.9 Å². The molecule has 19 heavy (non-hydrogen) atoms. The van der Waals surface area contributed by atoms with Crippen LogP contribution in [0.3, 0.4) is 0 Å². The molecule has 0 fully saturated rings. The van der Waals surface area contributed by atoms with Gasteiger partial charge in [0.1, 0.15) is 0 Å². The maximum absolute atomic E-state index is 5.89. The van der Waals surface area contributed by atoms with E-state index in [1.54, 1.807) is 0 Å². The summed E-state index contributed by atoms with van der Waals surface area (Å²) in [6.45, 7) is 6.72. The van der Waals surface area contributed by atoms with Crippen LogP contribution in [0.25, 0.3) is 11.4 Å². The van der Waals surface area contributed by atoms with E-state index in [1.807, 2.05) is 38.1 Å². The van der Waals surface area contributed by atoms with Crippen molar-refractivity contribution in [2.75, 3.05) is 6.54 Å². The van der Waals surface area contributed by atoms with Gasteiger partial charge in [-0.3, -0.25) is 0 Å². The summed E-state index contributed by atoms with van der Waals surface area (Å²) < 4.78 is 0. The van der Waals surface area contributed by atoms with Gasteiger partial charge in [-0.1, -0.05) is 18.5 Å². The second-order valence-electron chi connectivity index (χ2n) is 4.78. The van der Waals surface area contributed by atoms with Crippen LogP contribution in [-0.4, -0.2) is 16.5 Å². The van der Waals surface area contributed by atoms with Crippen LogP contribution >= 0.6 is 11.6 Å². The van der Waals surface area contributed by atoms with Crippen molar-refractivity contribution >= 4 is 11.6 Å². The van der Waals surface area contributed by atoms with Crippen LogP contribution in [0.2, 0.25) is 5.02 Å². The monoisotopic (exact) mass is 275 g/mol. The molecule has 2 rings (SSSR count). The van der Waals surface area contributed by atoms with Crippen LogP contribution in [0.5, 0.6) is 0 Å². The van der Waals surface area contributed by atoms with Crippen molar-refractivity contribution in [2.24, 2.45) is 5.73 Å². The van der Waals surface area contributed by atoms with Crippen molar-refractivity contribution in [2.45, 2.75) is 26.7 Å². The first-order chi connectivity index (χ1) is 9.02. The molecule has 0 aliphatic carbocycles. The van der Waals surface area contributed by atoms with Gasteiger partial charge in [-0.15, -0.1) is 0 Å². The Labute approximate surface area is 118 Å². The molecule has 2 aromatic rings. The van der Waals surface area contributed by atoms with Gasteiger partial charge in [0.2, 0.25) is 0 Å². The molecule has 1 aromatic carbocycles. The lowest BCUT2D eigenvalue weighted by atomic mass is 9.98. The Hall–Kier alpha value is -1.45. The summed E-state index contributed by atoms with van der Waals surface area (Å²) in [5.41, 5.74) is 9.86. The third-order valence-corrected chi connectivity index (χ3v) is 3.53. The summed E-state index contributed by atoms with van der Waals surface area (Å²) in [4.78, 5) is 9.19. The summed E-state index contributed by atoms with van der Waals surface area (Å²) in [5.74, 6) is 1.01. The molecule has 1 atom stereocenters. The van der Waals surface area contributed by atoms with Gasteiger partial charge in [-0.25, -0.2) is 9.97 Å². The summed E-state index contributed by atoms with van der Waals surface area (Å²) in [6, 6.07) is 7.56. The van der Waals surface area contributed by atoms with E-state index in [4.69, 9.17) is 17.3 Å². The smallest absolute Gasteiger partial charge is 0.159 e. The van der Waals surface area contributed by atoms with Crippen molar-refractivity contribution in [3.05, 3.63) is 46.2 Å². The van der Waals surface area contributed by atoms with E-state index in [1.165, 1.54) is 0 Å². The van der Waals surface area contributed by atoms with Gasteiger partial charge in [0.05, 0.1) is 0 Å². The number of aryl methyl sites for hydroxylation is 2. The molecular formula is C15H18ClN3. The quantitative estimate of drug-likeness (QED) is 0.933. The summed E-state index contributed by atoms with van der Waals surface area (Å²) >= 11 is 5.89. The van der Waals surface area contributed by atoms with E-state index in [9.17, 15) is 0 Å². The number of nitrogens with zero attached hydrogens (tertiary/aromatic N) is 2. The molecule has 100 valence electrons. The zero-order valence-corrected chi connectivity index (χ0v) is 12.2. The molecule has 3 nitrogen and oxygen atoms in total. The molecule has 0 aliphatic heterocycles. The first-order valence-electron chi connectivity index (χ1n) is 6.34. The van der Waals surface area contributed by atoms with E-state index >= 15 is 0 Å². The lowest BCUT2D eigenvalue weighted by Gasteiger charge is -2.15. The molecular weight excluding hydrogens is 258 g/mol. The predicted molar refractivity (Wildman–Crippen MR) is 79.4 cm³/mol. The highest BCUT2D eigenvalue weighted by Crippen LogP contribution is 2.24. The highest BCUT2D eigenvalue weighted by atomic mass is 35.5. The SMILES string of the molecule is Cc1nc(-c2ccc(Cl)cc2)nc(C)c1C(C)CN. The molecule has 0 aliphatic rings. The lowest BCUT2D eigenvalue weighted by Crippen LogP contribution is -2.14. The lowest BCUT2D eigenvalue weighted by molar-refractivity contribution is 0.744. The number of hydrogen-bond acceptors (Lipinski definition) is 3. The molecule has 0 saturated carbocycles. The zero-order valence-electron chi connectivity index (χ0n) is 11.4. The highest BCUT2D eigenvalue weighted by Gasteiger charge is 2.14. The van der Waals surface area contributed by atoms with E-state index in [-0.39, 0.29) is 5.92 Å². The van der Waals surface area contributed by atoms with Gasteiger partial charge in [0.25, 0.3) is 0 Å². The van der Waals surface area contributed by atoms with Crippen LogP contribution in [0.4, 0.5) is 0 Å². The molecule has 1 heterocycles. The van der Waals surface area contributed by atoms with Gasteiger partial charge >= 0.3 is 0 Å². The van der Waals surface area contributed by atoms with Gasteiger partial charge in [0.15, 0.2) is 5.82 Å². The third kappa shape index (κ3) is 2.94. The number of nitrogens with two attached hydrogens (primary N) is 1. The van der Waals surface area contributed by atoms with Crippen LogP contribution in [0, 0.1) is 13.8 Å². The Morgan fingerprint density at radius 3 is 2.11 bits per heavy atom. The van der Waals surface area contributed by atoms with Crippen LogP contribution in [-0.2, 0) is 0 Å². The zero-order chi connectivity index (χ0) is 14.0. The molecule has 0 saturated heterocycles. The molecule has 1 unspecified atom stereocenters. The predicted octanol–water partition coefficient (Wildman–Crippen LogP) is 3.48. The van der Waals surface area contributed by atoms with Crippen LogP contribution in [0.15, 0.2) is 24.3 Å². The molecule has 0 radical (unpaired) electrons. The standard InChI is InChI=1S/C15H18ClN3/c1-9(8-17)14-10(2)18-15(19-11(14)3)12-4-6-13(16)7-5-12/h4-7,9H,8,17H2,1-3H3. The average Bonchev–Trinajstić information content (AvgIpc) is 2.38. The van der Waals surface area contributed by atoms with Crippen molar-refractivity contribution < 1.29 is 0 Å². The summed E-state index contributed by atoms with van der Waals surface area (Å²) in [6.07, 6.45) is 0. The largest absolute Gasteiger partial charge is 0.330 e. The Bertz CT molecular complexity index is 555. The summed E-state index contributed by atoms with van der Waals surface area (Å²) in [5, 5.41) is 0.713. The molecule has 0 spiro atoms. The Morgan fingerprint density at radius 1 is 1.11 bits per heavy atom. The van der Waals surface area contributed by atoms with Crippen molar-refractivity contribution in [1.82, 2.24) is 9.97 Å². The second kappa shape index (κ2) is 5.68. The Balaban J connectivity index is 2.48. The maximum atomic E-state index is 5.89. The fraction of sp³-hybridized carbons (Fsp3) is 0.333. The Kier molecular flexibility index (Phi) is 4.17. The number of benzene rings is 1. The third-order valence-electron chi connectivity index (χ3n) is 3.28. The second-order valence-corrected chi connectivity index (χ2v) is 5.21. The minimum atomic E-state index is 0.277. The molecule has 2 N–H and O–H groups in total. The molecule has 0 bridgehead atoms. The fourth-order valence-electron chi connectivity index (χ4n) is 2.28. The fourth-order valence-corrected chi connectivity index (χ4v) is 2.41. The first-order valence-corrected chi connectivity index (χ1v) is 6.72. The maximum Gasteiger partial charge on any atom is 0.159 e. The molecule has 4 heteroatoms. The number of hydrogen-bond donors (Lipinski definition) is 1. The van der Waals surface area contributed by atoms with Crippen molar-refractivity contribution in [3.63, 3.8) is 0 Å². The van der Waals surface area contributed by atoms with Crippen molar-refractivity contribution in [3.8, 4) is 11.4 Å². The van der Waals surface area contributed by atoms with Crippen molar-refractivity contribution in [1.29, 1.82) is 0 Å².